The number of carbonyl (C=O) groups is 1. The first kappa shape index (κ1) is 12.8. The average Bonchev–Trinajstić information content (AvgIpc) is 3.03. The van der Waals surface area contributed by atoms with Crippen molar-refractivity contribution < 1.29 is 9.53 Å². The Morgan fingerprint density at radius 2 is 1.90 bits per heavy atom. The van der Waals surface area contributed by atoms with Gasteiger partial charge in [-0.25, -0.2) is 0 Å². The quantitative estimate of drug-likeness (QED) is 0.859. The number of carbonyl (C=O) groups excluding carboxylic acids is 1. The van der Waals surface area contributed by atoms with E-state index in [2.05, 4.69) is 4.98 Å². The predicted octanol–water partition coefficient (Wildman–Crippen LogP) is 2.52. The molecule has 0 spiro atoms. The lowest BCUT2D eigenvalue weighted by atomic mass is 10.1. The van der Waals surface area contributed by atoms with Crippen LogP contribution in [0.3, 0.4) is 0 Å². The topological polar surface area (TPSA) is 42.4 Å². The van der Waals surface area contributed by atoms with Gasteiger partial charge >= 0.3 is 0 Å². The Morgan fingerprint density at radius 1 is 1.15 bits per heavy atom. The van der Waals surface area contributed by atoms with Crippen LogP contribution in [-0.2, 0) is 4.74 Å². The standard InChI is InChI=1S/C16H16N2O2/c19-16(13-6-9-17-10-7-13)18(15-8-11-20-12-15)14-4-2-1-3-5-14/h1-7,9-10,15H,8,11-12H2/t15-/m0/s1. The number of pyridine rings is 1. The smallest absolute Gasteiger partial charge is 0.258 e. The number of hydrogen-bond acceptors (Lipinski definition) is 3. The van der Waals surface area contributed by atoms with E-state index in [0.717, 1.165) is 12.1 Å². The first-order valence-corrected chi connectivity index (χ1v) is 6.72. The molecule has 1 saturated heterocycles. The van der Waals surface area contributed by atoms with Gasteiger partial charge in [0.1, 0.15) is 0 Å². The van der Waals surface area contributed by atoms with Gasteiger partial charge < -0.3 is 9.64 Å². The molecule has 0 unspecified atom stereocenters. The molecule has 2 aromatic rings. The van der Waals surface area contributed by atoms with Gasteiger partial charge in [-0.3, -0.25) is 9.78 Å². The summed E-state index contributed by atoms with van der Waals surface area (Å²) < 4.78 is 5.44. The highest BCUT2D eigenvalue weighted by Gasteiger charge is 2.29. The molecule has 1 aromatic heterocycles. The van der Waals surface area contributed by atoms with Crippen molar-refractivity contribution in [2.75, 3.05) is 18.1 Å². The zero-order valence-corrected chi connectivity index (χ0v) is 11.1. The van der Waals surface area contributed by atoms with Crippen LogP contribution in [0, 0.1) is 0 Å². The number of anilines is 1. The normalized spacial score (nSPS) is 17.9. The summed E-state index contributed by atoms with van der Waals surface area (Å²) in [5.41, 5.74) is 1.56. The maximum absolute atomic E-state index is 12.8. The molecular weight excluding hydrogens is 252 g/mol. The molecule has 1 fully saturated rings. The second-order valence-electron chi connectivity index (χ2n) is 4.76. The van der Waals surface area contributed by atoms with Crippen molar-refractivity contribution in [3.63, 3.8) is 0 Å². The monoisotopic (exact) mass is 268 g/mol. The number of amides is 1. The van der Waals surface area contributed by atoms with E-state index in [-0.39, 0.29) is 11.9 Å². The fraction of sp³-hybridized carbons (Fsp3) is 0.250. The van der Waals surface area contributed by atoms with Crippen molar-refractivity contribution in [2.24, 2.45) is 0 Å². The molecule has 2 heterocycles. The molecule has 20 heavy (non-hydrogen) atoms. The molecule has 1 aliphatic heterocycles. The summed E-state index contributed by atoms with van der Waals surface area (Å²) in [5.74, 6) is -0.00546. The van der Waals surface area contributed by atoms with E-state index in [9.17, 15) is 4.79 Å². The Labute approximate surface area is 118 Å². The lowest BCUT2D eigenvalue weighted by Crippen LogP contribution is -2.41. The van der Waals surface area contributed by atoms with Gasteiger partial charge in [0.2, 0.25) is 0 Å². The van der Waals surface area contributed by atoms with Crippen molar-refractivity contribution in [1.29, 1.82) is 0 Å². The van der Waals surface area contributed by atoms with E-state index in [1.807, 2.05) is 35.2 Å². The zero-order chi connectivity index (χ0) is 13.8. The molecular formula is C16H16N2O2. The molecule has 0 N–H and O–H groups in total. The van der Waals surface area contributed by atoms with E-state index in [1.54, 1.807) is 24.5 Å². The number of benzene rings is 1. The van der Waals surface area contributed by atoms with Crippen LogP contribution >= 0.6 is 0 Å². The van der Waals surface area contributed by atoms with Crippen molar-refractivity contribution in [1.82, 2.24) is 4.98 Å². The molecule has 4 heteroatoms. The van der Waals surface area contributed by atoms with Crippen LogP contribution in [0.2, 0.25) is 0 Å². The SMILES string of the molecule is O=C(c1ccncc1)N(c1ccccc1)[C@H]1CCOC1. The maximum Gasteiger partial charge on any atom is 0.258 e. The van der Waals surface area contributed by atoms with E-state index in [0.29, 0.717) is 18.8 Å². The van der Waals surface area contributed by atoms with Crippen LogP contribution in [0.5, 0.6) is 0 Å². The van der Waals surface area contributed by atoms with Gasteiger partial charge in [0.15, 0.2) is 0 Å². The van der Waals surface area contributed by atoms with E-state index < -0.39 is 0 Å². The minimum atomic E-state index is -0.00546. The van der Waals surface area contributed by atoms with Gasteiger partial charge in [-0.1, -0.05) is 18.2 Å². The number of hydrogen-bond donors (Lipinski definition) is 0. The van der Waals surface area contributed by atoms with Crippen molar-refractivity contribution in [3.8, 4) is 0 Å². The first-order valence-electron chi connectivity index (χ1n) is 6.72. The van der Waals surface area contributed by atoms with Crippen molar-refractivity contribution >= 4 is 11.6 Å². The molecule has 1 atom stereocenters. The highest BCUT2D eigenvalue weighted by molar-refractivity contribution is 6.06. The summed E-state index contributed by atoms with van der Waals surface area (Å²) in [7, 11) is 0. The van der Waals surface area contributed by atoms with Gasteiger partial charge in [0.05, 0.1) is 12.6 Å². The van der Waals surface area contributed by atoms with E-state index >= 15 is 0 Å². The third-order valence-electron chi connectivity index (χ3n) is 3.45. The summed E-state index contributed by atoms with van der Waals surface area (Å²) in [6.45, 7) is 1.29. The van der Waals surface area contributed by atoms with Gasteiger partial charge in [0.25, 0.3) is 5.91 Å². The Bertz CT molecular complexity index is 566. The fourth-order valence-corrected chi connectivity index (χ4v) is 2.44. The van der Waals surface area contributed by atoms with Crippen LogP contribution in [0.25, 0.3) is 0 Å². The average molecular weight is 268 g/mol. The Hall–Kier alpha value is -2.20. The van der Waals surface area contributed by atoms with Gasteiger partial charge in [-0.15, -0.1) is 0 Å². The number of nitrogens with zero attached hydrogens (tertiary/aromatic N) is 2. The first-order chi connectivity index (χ1) is 9.86. The molecule has 4 nitrogen and oxygen atoms in total. The summed E-state index contributed by atoms with van der Waals surface area (Å²) in [6, 6.07) is 13.3. The van der Waals surface area contributed by atoms with Crippen molar-refractivity contribution in [2.45, 2.75) is 12.5 Å². The lowest BCUT2D eigenvalue weighted by Gasteiger charge is -2.28. The number of para-hydroxylation sites is 1. The highest BCUT2D eigenvalue weighted by atomic mass is 16.5. The zero-order valence-electron chi connectivity index (χ0n) is 11.1. The minimum absolute atomic E-state index is 0.00546. The number of aromatic nitrogens is 1. The molecule has 3 rings (SSSR count). The summed E-state index contributed by atoms with van der Waals surface area (Å²) in [6.07, 6.45) is 4.15. The molecule has 0 radical (unpaired) electrons. The fourth-order valence-electron chi connectivity index (χ4n) is 2.44. The molecule has 0 bridgehead atoms. The molecule has 1 aliphatic rings. The van der Waals surface area contributed by atoms with E-state index in [1.165, 1.54) is 0 Å². The second-order valence-corrected chi connectivity index (χ2v) is 4.76. The summed E-state index contributed by atoms with van der Waals surface area (Å²) in [4.78, 5) is 18.6. The van der Waals surface area contributed by atoms with Crippen LogP contribution in [0.4, 0.5) is 5.69 Å². The molecule has 1 aromatic carbocycles. The Morgan fingerprint density at radius 3 is 2.55 bits per heavy atom. The second kappa shape index (κ2) is 5.84. The Balaban J connectivity index is 1.95. The van der Waals surface area contributed by atoms with Gasteiger partial charge in [0, 0.05) is 30.3 Å². The van der Waals surface area contributed by atoms with Gasteiger partial charge in [-0.05, 0) is 30.7 Å². The number of ether oxygens (including phenoxy) is 1. The third kappa shape index (κ3) is 2.56. The Kier molecular flexibility index (Phi) is 3.74. The molecule has 102 valence electrons. The molecule has 0 aliphatic carbocycles. The van der Waals surface area contributed by atoms with Crippen LogP contribution in [-0.4, -0.2) is 30.1 Å². The highest BCUT2D eigenvalue weighted by Crippen LogP contribution is 2.23. The third-order valence-corrected chi connectivity index (χ3v) is 3.45. The number of rotatable bonds is 3. The van der Waals surface area contributed by atoms with Crippen LogP contribution < -0.4 is 4.90 Å². The summed E-state index contributed by atoms with van der Waals surface area (Å²) in [5, 5.41) is 0. The van der Waals surface area contributed by atoms with Gasteiger partial charge in [-0.2, -0.15) is 0 Å². The van der Waals surface area contributed by atoms with Crippen LogP contribution in [0.1, 0.15) is 16.8 Å². The lowest BCUT2D eigenvalue weighted by molar-refractivity contribution is 0.0971. The minimum Gasteiger partial charge on any atom is -0.379 e. The largest absolute Gasteiger partial charge is 0.379 e. The molecule has 0 saturated carbocycles. The van der Waals surface area contributed by atoms with Crippen molar-refractivity contribution in [3.05, 3.63) is 60.4 Å². The predicted molar refractivity (Wildman–Crippen MR) is 76.7 cm³/mol. The maximum atomic E-state index is 12.8. The molecule has 1 amide bonds. The van der Waals surface area contributed by atoms with E-state index in [4.69, 9.17) is 4.74 Å². The van der Waals surface area contributed by atoms with Crippen LogP contribution in [0.15, 0.2) is 54.9 Å². The summed E-state index contributed by atoms with van der Waals surface area (Å²) >= 11 is 0.